The largest absolute Gasteiger partial charge is 0.496 e. The molecule has 7 heteroatoms. The van der Waals surface area contributed by atoms with E-state index in [-0.39, 0.29) is 0 Å². The van der Waals surface area contributed by atoms with Crippen molar-refractivity contribution in [1.82, 2.24) is 0 Å². The zero-order valence-corrected chi connectivity index (χ0v) is 14.3. The first-order chi connectivity index (χ1) is 10.9. The van der Waals surface area contributed by atoms with Crippen LogP contribution in [0.3, 0.4) is 0 Å². The molecule has 3 N–H and O–H groups in total. The molecule has 1 aromatic rings. The molecule has 0 aromatic heterocycles. The van der Waals surface area contributed by atoms with Crippen LogP contribution in [0.4, 0.5) is 13.2 Å². The van der Waals surface area contributed by atoms with Crippen LogP contribution in [0, 0.1) is 0 Å². The van der Waals surface area contributed by atoms with Gasteiger partial charge in [-0.1, -0.05) is 39.3 Å². The van der Waals surface area contributed by atoms with Gasteiger partial charge in [0.25, 0.3) is 5.91 Å². The first kappa shape index (κ1) is 20.3. The number of aliphatic hydroxyl groups is 1. The third kappa shape index (κ3) is 4.01. The Balaban J connectivity index is 3.37. The normalized spacial score (nSPS) is 15.0. The number of amides is 1. The lowest BCUT2D eigenvalue weighted by molar-refractivity contribution is -0.255. The van der Waals surface area contributed by atoms with E-state index in [1.165, 1.54) is 21.0 Å². The highest BCUT2D eigenvalue weighted by Gasteiger charge is 2.60. The monoisotopic (exact) mass is 347 g/mol. The Morgan fingerprint density at radius 1 is 1.29 bits per heavy atom. The van der Waals surface area contributed by atoms with Crippen molar-refractivity contribution in [2.75, 3.05) is 7.11 Å². The van der Waals surface area contributed by atoms with Gasteiger partial charge in [0, 0.05) is 12.0 Å². The minimum atomic E-state index is -5.16. The topological polar surface area (TPSA) is 72.6 Å². The third-order valence-electron chi connectivity index (χ3n) is 4.11. The van der Waals surface area contributed by atoms with Crippen LogP contribution in [0.5, 0.6) is 5.75 Å². The van der Waals surface area contributed by atoms with Crippen molar-refractivity contribution in [1.29, 1.82) is 0 Å². The summed E-state index contributed by atoms with van der Waals surface area (Å²) in [5.41, 5.74) is 1.47. The SMILES string of the molecule is CCCc1ccc(OC)c(C(C)(C)CC(O)(C(N)=O)C(F)(F)F)c1. The lowest BCUT2D eigenvalue weighted by Gasteiger charge is -2.36. The molecular weight excluding hydrogens is 323 g/mol. The minimum Gasteiger partial charge on any atom is -0.496 e. The quantitative estimate of drug-likeness (QED) is 0.796. The molecule has 0 bridgehead atoms. The molecule has 136 valence electrons. The van der Waals surface area contributed by atoms with Crippen molar-refractivity contribution >= 4 is 5.91 Å². The average molecular weight is 347 g/mol. The van der Waals surface area contributed by atoms with Crippen molar-refractivity contribution < 1.29 is 27.8 Å². The predicted molar refractivity (Wildman–Crippen MR) is 84.8 cm³/mol. The molecule has 0 radical (unpaired) electrons. The van der Waals surface area contributed by atoms with E-state index in [4.69, 9.17) is 10.5 Å². The summed E-state index contributed by atoms with van der Waals surface area (Å²) in [5, 5.41) is 9.92. The van der Waals surface area contributed by atoms with Crippen LogP contribution in [-0.4, -0.2) is 29.9 Å². The van der Waals surface area contributed by atoms with Gasteiger partial charge in [-0.2, -0.15) is 13.2 Å². The number of hydrogen-bond donors (Lipinski definition) is 2. The average Bonchev–Trinajstić information content (AvgIpc) is 2.45. The Labute approximate surface area is 139 Å². The smallest absolute Gasteiger partial charge is 0.426 e. The maximum atomic E-state index is 13.2. The van der Waals surface area contributed by atoms with Crippen LogP contribution in [-0.2, 0) is 16.6 Å². The fourth-order valence-electron chi connectivity index (χ4n) is 2.79. The number of aryl methyl sites for hydroxylation is 1. The van der Waals surface area contributed by atoms with E-state index >= 15 is 0 Å². The molecule has 1 aromatic carbocycles. The van der Waals surface area contributed by atoms with Gasteiger partial charge >= 0.3 is 6.18 Å². The Morgan fingerprint density at radius 2 is 1.88 bits per heavy atom. The van der Waals surface area contributed by atoms with Crippen LogP contribution < -0.4 is 10.5 Å². The second kappa shape index (κ2) is 7.01. The minimum absolute atomic E-state index is 0.397. The van der Waals surface area contributed by atoms with Crippen LogP contribution >= 0.6 is 0 Å². The number of alkyl halides is 3. The van der Waals surface area contributed by atoms with E-state index in [9.17, 15) is 23.1 Å². The van der Waals surface area contributed by atoms with Gasteiger partial charge in [0.05, 0.1) is 7.11 Å². The zero-order valence-electron chi connectivity index (χ0n) is 14.3. The van der Waals surface area contributed by atoms with E-state index in [0.29, 0.717) is 11.3 Å². The molecule has 0 aliphatic heterocycles. The first-order valence-corrected chi connectivity index (χ1v) is 7.65. The molecule has 0 saturated heterocycles. The maximum absolute atomic E-state index is 13.2. The summed E-state index contributed by atoms with van der Waals surface area (Å²) < 4.78 is 44.9. The zero-order chi connectivity index (χ0) is 18.8. The summed E-state index contributed by atoms with van der Waals surface area (Å²) in [6.45, 7) is 5.02. The Bertz CT molecular complexity index is 599. The van der Waals surface area contributed by atoms with E-state index < -0.39 is 29.5 Å². The molecule has 1 amide bonds. The fraction of sp³-hybridized carbons (Fsp3) is 0.588. The van der Waals surface area contributed by atoms with Crippen molar-refractivity contribution in [3.63, 3.8) is 0 Å². The van der Waals surface area contributed by atoms with Gasteiger partial charge in [0.1, 0.15) is 5.75 Å². The number of ether oxygens (including phenoxy) is 1. The number of nitrogens with two attached hydrogens (primary N) is 1. The summed E-state index contributed by atoms with van der Waals surface area (Å²) in [5.74, 6) is -1.42. The molecule has 0 aliphatic carbocycles. The number of methoxy groups -OCH3 is 1. The molecule has 4 nitrogen and oxygen atoms in total. The summed E-state index contributed by atoms with van der Waals surface area (Å²) in [6, 6.07) is 5.27. The Kier molecular flexibility index (Phi) is 5.92. The number of hydrogen-bond acceptors (Lipinski definition) is 3. The second-order valence-corrected chi connectivity index (χ2v) is 6.57. The van der Waals surface area contributed by atoms with Gasteiger partial charge in [0.15, 0.2) is 0 Å². The maximum Gasteiger partial charge on any atom is 0.426 e. The van der Waals surface area contributed by atoms with Crippen molar-refractivity contribution in [2.24, 2.45) is 5.73 Å². The van der Waals surface area contributed by atoms with Gasteiger partial charge in [-0.3, -0.25) is 4.79 Å². The summed E-state index contributed by atoms with van der Waals surface area (Å²) in [6.07, 6.45) is -4.43. The molecule has 0 fully saturated rings. The molecule has 1 unspecified atom stereocenters. The van der Waals surface area contributed by atoms with Gasteiger partial charge in [-0.25, -0.2) is 0 Å². The summed E-state index contributed by atoms with van der Waals surface area (Å²) >= 11 is 0. The Hall–Kier alpha value is -1.76. The first-order valence-electron chi connectivity index (χ1n) is 7.65. The van der Waals surface area contributed by atoms with E-state index in [2.05, 4.69) is 0 Å². The van der Waals surface area contributed by atoms with Crippen molar-refractivity contribution in [3.8, 4) is 5.75 Å². The van der Waals surface area contributed by atoms with Gasteiger partial charge in [-0.15, -0.1) is 0 Å². The molecule has 1 rings (SSSR count). The van der Waals surface area contributed by atoms with Crippen LogP contribution in [0.1, 0.15) is 44.7 Å². The van der Waals surface area contributed by atoms with Crippen LogP contribution in [0.15, 0.2) is 18.2 Å². The van der Waals surface area contributed by atoms with Crippen LogP contribution in [0.25, 0.3) is 0 Å². The van der Waals surface area contributed by atoms with Gasteiger partial charge < -0.3 is 15.6 Å². The summed E-state index contributed by atoms with van der Waals surface area (Å²) in [7, 11) is 1.42. The van der Waals surface area contributed by atoms with E-state index in [1.807, 2.05) is 13.0 Å². The predicted octanol–water partition coefficient (Wildman–Crippen LogP) is 3.09. The standard InChI is InChI=1S/C17H24F3NO3/c1-5-6-11-7-8-13(24-4)12(9-11)15(2,3)10-16(23,14(21)22)17(18,19)20/h7-9,23H,5-6,10H2,1-4H3,(H2,21,22). The van der Waals surface area contributed by atoms with E-state index in [1.54, 1.807) is 12.1 Å². The van der Waals surface area contributed by atoms with Crippen molar-refractivity contribution in [2.45, 2.75) is 57.2 Å². The lowest BCUT2D eigenvalue weighted by Crippen LogP contribution is -2.58. The molecule has 0 saturated carbocycles. The van der Waals surface area contributed by atoms with E-state index in [0.717, 1.165) is 18.4 Å². The Morgan fingerprint density at radius 3 is 2.29 bits per heavy atom. The highest BCUT2D eigenvalue weighted by atomic mass is 19.4. The second-order valence-electron chi connectivity index (χ2n) is 6.57. The number of benzene rings is 1. The molecular formula is C17H24F3NO3. The third-order valence-corrected chi connectivity index (χ3v) is 4.11. The number of carbonyl (C=O) groups is 1. The molecule has 0 heterocycles. The number of rotatable bonds is 7. The number of primary amides is 1. The summed E-state index contributed by atoms with van der Waals surface area (Å²) in [4.78, 5) is 11.3. The van der Waals surface area contributed by atoms with Crippen LogP contribution in [0.2, 0.25) is 0 Å². The lowest BCUT2D eigenvalue weighted by atomic mass is 9.73. The molecule has 0 aliphatic rings. The molecule has 24 heavy (non-hydrogen) atoms. The number of halogens is 3. The van der Waals surface area contributed by atoms with Gasteiger partial charge in [0.2, 0.25) is 5.60 Å². The van der Waals surface area contributed by atoms with Crippen molar-refractivity contribution in [3.05, 3.63) is 29.3 Å². The molecule has 0 spiro atoms. The molecule has 1 atom stereocenters. The highest BCUT2D eigenvalue weighted by Crippen LogP contribution is 2.43. The fourth-order valence-corrected chi connectivity index (χ4v) is 2.79. The van der Waals surface area contributed by atoms with Gasteiger partial charge in [-0.05, 0) is 23.5 Å². The highest BCUT2D eigenvalue weighted by molar-refractivity contribution is 5.84. The number of carbonyl (C=O) groups excluding carboxylic acids is 1.